The van der Waals surface area contributed by atoms with Crippen LogP contribution in [0.5, 0.6) is 0 Å². The fourth-order valence-corrected chi connectivity index (χ4v) is 3.63. The van der Waals surface area contributed by atoms with Gasteiger partial charge in [0.15, 0.2) is 9.84 Å². The molecule has 140 valence electrons. The van der Waals surface area contributed by atoms with Crippen LogP contribution in [0.15, 0.2) is 51.8 Å². The zero-order valence-electron chi connectivity index (χ0n) is 13.9. The maximum atomic E-state index is 12.3. The van der Waals surface area contributed by atoms with Crippen LogP contribution in [-0.2, 0) is 9.84 Å². The second-order valence-electron chi connectivity index (χ2n) is 5.45. The van der Waals surface area contributed by atoms with Crippen LogP contribution in [0.25, 0.3) is 11.5 Å². The molecule has 0 unspecified atom stereocenters. The van der Waals surface area contributed by atoms with Crippen molar-refractivity contribution in [1.29, 1.82) is 0 Å². The fraction of sp³-hybridized carbons (Fsp3) is 0.118. The average Bonchev–Trinajstić information content (AvgIpc) is 3.09. The Kier molecular flexibility index (Phi) is 5.50. The topological polar surface area (TPSA) is 102 Å². The first kappa shape index (κ1) is 19.3. The number of sulfone groups is 1. The zero-order valence-corrected chi connectivity index (χ0v) is 16.3. The Morgan fingerprint density at radius 3 is 2.30 bits per heavy atom. The molecule has 10 heteroatoms. The van der Waals surface area contributed by atoms with E-state index in [9.17, 15) is 13.2 Å². The molecule has 1 heterocycles. The van der Waals surface area contributed by atoms with Crippen molar-refractivity contribution >= 4 is 45.0 Å². The predicted molar refractivity (Wildman–Crippen MR) is 102 cm³/mol. The number of amides is 1. The van der Waals surface area contributed by atoms with E-state index in [1.807, 2.05) is 0 Å². The maximum Gasteiger partial charge on any atom is 0.322 e. The lowest BCUT2D eigenvalue weighted by atomic mass is 10.2. The van der Waals surface area contributed by atoms with E-state index in [1.165, 1.54) is 24.3 Å². The van der Waals surface area contributed by atoms with Gasteiger partial charge < -0.3 is 4.42 Å². The molecule has 0 bridgehead atoms. The van der Waals surface area contributed by atoms with Gasteiger partial charge in [-0.15, -0.1) is 5.10 Å². The average molecular weight is 426 g/mol. The molecular formula is C17H13Cl2N3O4S. The van der Waals surface area contributed by atoms with Crippen LogP contribution in [0.3, 0.4) is 0 Å². The summed E-state index contributed by atoms with van der Waals surface area (Å²) in [5.41, 5.74) is 0.755. The summed E-state index contributed by atoms with van der Waals surface area (Å²) in [6, 6.07) is 10.2. The lowest BCUT2D eigenvalue weighted by Gasteiger charge is -2.03. The van der Waals surface area contributed by atoms with E-state index in [0.717, 1.165) is 0 Å². The summed E-state index contributed by atoms with van der Waals surface area (Å²) < 4.78 is 29.0. The lowest BCUT2D eigenvalue weighted by molar-refractivity contribution is 0.102. The molecule has 2 aromatic carbocycles. The molecule has 0 radical (unpaired) electrons. The second-order valence-corrected chi connectivity index (χ2v) is 8.60. The van der Waals surface area contributed by atoms with Gasteiger partial charge in [-0.3, -0.25) is 10.1 Å². The van der Waals surface area contributed by atoms with Crippen LogP contribution < -0.4 is 5.32 Å². The third kappa shape index (κ3) is 4.47. The molecule has 0 saturated carbocycles. The van der Waals surface area contributed by atoms with Gasteiger partial charge in [0, 0.05) is 21.2 Å². The van der Waals surface area contributed by atoms with Crippen molar-refractivity contribution in [2.75, 3.05) is 11.1 Å². The van der Waals surface area contributed by atoms with Crippen LogP contribution >= 0.6 is 23.2 Å². The van der Waals surface area contributed by atoms with E-state index < -0.39 is 15.7 Å². The first-order valence-electron chi connectivity index (χ1n) is 7.72. The molecule has 0 aliphatic carbocycles. The van der Waals surface area contributed by atoms with Crippen molar-refractivity contribution < 1.29 is 17.6 Å². The second kappa shape index (κ2) is 7.67. The number of anilines is 1. The summed E-state index contributed by atoms with van der Waals surface area (Å²) in [5.74, 6) is -0.398. The Hall–Kier alpha value is -2.42. The summed E-state index contributed by atoms with van der Waals surface area (Å²) in [6.07, 6.45) is 0. The number of hydrogen-bond donors (Lipinski definition) is 1. The number of rotatable bonds is 5. The van der Waals surface area contributed by atoms with Crippen LogP contribution in [-0.4, -0.2) is 30.3 Å². The lowest BCUT2D eigenvalue weighted by Crippen LogP contribution is -2.12. The molecule has 1 N–H and O–H groups in total. The minimum atomic E-state index is -3.33. The summed E-state index contributed by atoms with van der Waals surface area (Å²) in [7, 11) is -3.33. The number of nitrogens with one attached hydrogen (secondary N) is 1. The quantitative estimate of drug-likeness (QED) is 0.660. The highest BCUT2D eigenvalue weighted by molar-refractivity contribution is 7.91. The third-order valence-corrected chi connectivity index (χ3v) is 5.80. The molecule has 0 fully saturated rings. The molecule has 0 saturated heterocycles. The molecule has 0 aliphatic heterocycles. The summed E-state index contributed by atoms with van der Waals surface area (Å²) in [6.45, 7) is 1.55. The highest BCUT2D eigenvalue weighted by atomic mass is 35.5. The van der Waals surface area contributed by atoms with Crippen molar-refractivity contribution in [1.82, 2.24) is 10.2 Å². The largest absolute Gasteiger partial charge is 0.403 e. The molecule has 0 spiro atoms. The Morgan fingerprint density at radius 1 is 1.07 bits per heavy atom. The Balaban J connectivity index is 1.76. The number of benzene rings is 2. The van der Waals surface area contributed by atoms with E-state index in [1.54, 1.807) is 25.1 Å². The van der Waals surface area contributed by atoms with Crippen LogP contribution in [0.2, 0.25) is 10.0 Å². The van der Waals surface area contributed by atoms with Gasteiger partial charge in [-0.2, -0.15) is 0 Å². The molecule has 0 atom stereocenters. The monoisotopic (exact) mass is 425 g/mol. The van der Waals surface area contributed by atoms with Gasteiger partial charge in [-0.05, 0) is 42.5 Å². The van der Waals surface area contributed by atoms with Crippen molar-refractivity contribution in [2.24, 2.45) is 0 Å². The van der Waals surface area contributed by atoms with Crippen molar-refractivity contribution in [3.8, 4) is 11.5 Å². The molecule has 3 aromatic rings. The van der Waals surface area contributed by atoms with Gasteiger partial charge in [0.25, 0.3) is 5.91 Å². The van der Waals surface area contributed by atoms with Crippen LogP contribution in [0.4, 0.5) is 6.01 Å². The molecule has 3 rings (SSSR count). The van der Waals surface area contributed by atoms with Gasteiger partial charge >= 0.3 is 6.01 Å². The first-order chi connectivity index (χ1) is 12.8. The van der Waals surface area contributed by atoms with Crippen LogP contribution in [0, 0.1) is 0 Å². The van der Waals surface area contributed by atoms with Gasteiger partial charge in [0.2, 0.25) is 5.89 Å². The van der Waals surface area contributed by atoms with E-state index >= 15 is 0 Å². The highest BCUT2D eigenvalue weighted by Crippen LogP contribution is 2.27. The van der Waals surface area contributed by atoms with Crippen molar-refractivity contribution in [2.45, 2.75) is 11.8 Å². The third-order valence-electron chi connectivity index (χ3n) is 3.61. The minimum Gasteiger partial charge on any atom is -0.403 e. The van der Waals surface area contributed by atoms with Gasteiger partial charge in [-0.1, -0.05) is 35.2 Å². The molecule has 1 amide bonds. The molecule has 1 aromatic heterocycles. The number of aromatic nitrogens is 2. The molecule has 0 aliphatic rings. The van der Waals surface area contributed by atoms with Crippen molar-refractivity contribution in [3.05, 3.63) is 58.1 Å². The van der Waals surface area contributed by atoms with Gasteiger partial charge in [0.1, 0.15) is 0 Å². The highest BCUT2D eigenvalue weighted by Gasteiger charge is 2.16. The summed E-state index contributed by atoms with van der Waals surface area (Å²) >= 11 is 11.9. The zero-order chi connectivity index (χ0) is 19.6. The SMILES string of the molecule is CCS(=O)(=O)c1ccc(C(=O)Nc2nnc(-c3cc(Cl)cc(Cl)c3)o2)cc1. The first-order valence-corrected chi connectivity index (χ1v) is 10.1. The van der Waals surface area contributed by atoms with Crippen molar-refractivity contribution in [3.63, 3.8) is 0 Å². The van der Waals surface area contributed by atoms with E-state index in [2.05, 4.69) is 15.5 Å². The smallest absolute Gasteiger partial charge is 0.322 e. The molecule has 27 heavy (non-hydrogen) atoms. The number of carbonyl (C=O) groups excluding carboxylic acids is 1. The maximum absolute atomic E-state index is 12.3. The number of nitrogens with zero attached hydrogens (tertiary/aromatic N) is 2. The summed E-state index contributed by atoms with van der Waals surface area (Å²) in [4.78, 5) is 12.4. The summed E-state index contributed by atoms with van der Waals surface area (Å²) in [5, 5.41) is 10.9. The normalized spacial score (nSPS) is 11.4. The number of halogens is 2. The Morgan fingerprint density at radius 2 is 1.70 bits per heavy atom. The number of carbonyl (C=O) groups is 1. The molecule has 7 nitrogen and oxygen atoms in total. The van der Waals surface area contributed by atoms with E-state index in [-0.39, 0.29) is 28.1 Å². The number of hydrogen-bond acceptors (Lipinski definition) is 6. The predicted octanol–water partition coefficient (Wildman–Crippen LogP) is 4.09. The Labute approximate surface area is 165 Å². The van der Waals surface area contributed by atoms with E-state index in [4.69, 9.17) is 27.6 Å². The van der Waals surface area contributed by atoms with Gasteiger partial charge in [-0.25, -0.2) is 8.42 Å². The van der Waals surface area contributed by atoms with Gasteiger partial charge in [0.05, 0.1) is 10.6 Å². The fourth-order valence-electron chi connectivity index (χ4n) is 2.22. The van der Waals surface area contributed by atoms with E-state index in [0.29, 0.717) is 15.6 Å². The standard InChI is InChI=1S/C17H13Cl2N3O4S/c1-2-27(24,25)14-5-3-10(4-6-14)15(23)20-17-22-21-16(26-17)11-7-12(18)9-13(19)8-11/h3-9H,2H2,1H3,(H,20,22,23). The minimum absolute atomic E-state index is 0.0170. The van der Waals surface area contributed by atoms with Crippen LogP contribution in [0.1, 0.15) is 17.3 Å². The Bertz CT molecular complexity index is 1080. The molecular weight excluding hydrogens is 413 g/mol.